The van der Waals surface area contributed by atoms with E-state index in [1.807, 2.05) is 30.0 Å². The third-order valence-electron chi connectivity index (χ3n) is 4.86. The van der Waals surface area contributed by atoms with Crippen LogP contribution in [0.15, 0.2) is 29.3 Å². The average molecular weight is 389 g/mol. The van der Waals surface area contributed by atoms with Gasteiger partial charge in [-0.3, -0.25) is 4.79 Å². The van der Waals surface area contributed by atoms with Crippen LogP contribution >= 0.6 is 0 Å². The Balaban J connectivity index is 1.96. The molecule has 6 heteroatoms. The number of rotatable bonds is 9. The van der Waals surface area contributed by atoms with E-state index in [-0.39, 0.29) is 11.9 Å². The van der Waals surface area contributed by atoms with Crippen LogP contribution in [-0.4, -0.2) is 49.0 Å². The minimum atomic E-state index is 0.221. The molecule has 1 atom stereocenters. The van der Waals surface area contributed by atoms with Crippen LogP contribution in [-0.2, 0) is 11.3 Å². The summed E-state index contributed by atoms with van der Waals surface area (Å²) in [4.78, 5) is 18.6. The molecule has 1 aliphatic heterocycles. The second-order valence-corrected chi connectivity index (χ2v) is 7.66. The lowest BCUT2D eigenvalue weighted by molar-refractivity contribution is -0.129. The van der Waals surface area contributed by atoms with Crippen molar-refractivity contribution in [3.8, 4) is 5.75 Å². The SMILES string of the molecule is CCNC(=NCc1ccccc1OCCC(C)C)NC1CCN(C(=O)CC)C1. The zero-order valence-corrected chi connectivity index (χ0v) is 17.8. The maximum absolute atomic E-state index is 11.9. The Hall–Kier alpha value is -2.24. The number of benzene rings is 1. The first kappa shape index (κ1) is 22.1. The van der Waals surface area contributed by atoms with Crippen LogP contribution in [0, 0.1) is 5.92 Å². The van der Waals surface area contributed by atoms with Crippen molar-refractivity contribution in [2.45, 2.75) is 59.5 Å². The van der Waals surface area contributed by atoms with Crippen molar-refractivity contribution in [3.05, 3.63) is 29.8 Å². The highest BCUT2D eigenvalue weighted by molar-refractivity contribution is 5.80. The Morgan fingerprint density at radius 2 is 2.11 bits per heavy atom. The molecule has 0 bridgehead atoms. The Kier molecular flexibility index (Phi) is 9.11. The van der Waals surface area contributed by atoms with E-state index in [1.54, 1.807) is 0 Å². The first-order chi connectivity index (χ1) is 13.5. The lowest BCUT2D eigenvalue weighted by Crippen LogP contribution is -2.45. The molecule has 1 heterocycles. The summed E-state index contributed by atoms with van der Waals surface area (Å²) in [5.74, 6) is 2.54. The molecule has 1 saturated heterocycles. The highest BCUT2D eigenvalue weighted by Crippen LogP contribution is 2.19. The van der Waals surface area contributed by atoms with Gasteiger partial charge in [0.2, 0.25) is 5.91 Å². The number of hydrogen-bond acceptors (Lipinski definition) is 3. The Morgan fingerprint density at radius 1 is 1.32 bits per heavy atom. The molecule has 1 amide bonds. The number of guanidine groups is 1. The van der Waals surface area contributed by atoms with Crippen LogP contribution in [0.25, 0.3) is 0 Å². The van der Waals surface area contributed by atoms with Gasteiger partial charge in [-0.1, -0.05) is 39.0 Å². The third-order valence-corrected chi connectivity index (χ3v) is 4.86. The quantitative estimate of drug-likeness (QED) is 0.504. The standard InChI is InChI=1S/C22H36N4O2/c1-5-21(27)26-13-11-19(16-26)25-22(23-6-2)24-15-18-9-7-8-10-20(18)28-14-12-17(3)4/h7-10,17,19H,5-6,11-16H2,1-4H3,(H2,23,24,25). The summed E-state index contributed by atoms with van der Waals surface area (Å²) < 4.78 is 5.97. The van der Waals surface area contributed by atoms with E-state index < -0.39 is 0 Å². The lowest BCUT2D eigenvalue weighted by atomic mass is 10.1. The van der Waals surface area contributed by atoms with Gasteiger partial charge in [0.1, 0.15) is 5.75 Å². The van der Waals surface area contributed by atoms with Gasteiger partial charge in [0.05, 0.1) is 13.2 Å². The minimum absolute atomic E-state index is 0.221. The Bertz CT molecular complexity index is 645. The van der Waals surface area contributed by atoms with Crippen LogP contribution < -0.4 is 15.4 Å². The number of aliphatic imine (C=N–C) groups is 1. The second kappa shape index (κ2) is 11.6. The third kappa shape index (κ3) is 7.06. The minimum Gasteiger partial charge on any atom is -0.493 e. The smallest absolute Gasteiger partial charge is 0.222 e. The summed E-state index contributed by atoms with van der Waals surface area (Å²) in [6, 6.07) is 8.34. The molecule has 0 saturated carbocycles. The van der Waals surface area contributed by atoms with E-state index in [2.05, 4.69) is 37.5 Å². The molecule has 2 rings (SSSR count). The molecule has 6 nitrogen and oxygen atoms in total. The number of ether oxygens (including phenoxy) is 1. The highest BCUT2D eigenvalue weighted by Gasteiger charge is 2.25. The van der Waals surface area contributed by atoms with Crippen molar-refractivity contribution in [2.75, 3.05) is 26.2 Å². The summed E-state index contributed by atoms with van der Waals surface area (Å²) in [5, 5.41) is 6.79. The summed E-state index contributed by atoms with van der Waals surface area (Å²) in [5.41, 5.74) is 1.08. The predicted molar refractivity (Wildman–Crippen MR) is 115 cm³/mol. The first-order valence-electron chi connectivity index (χ1n) is 10.6. The van der Waals surface area contributed by atoms with Crippen molar-refractivity contribution in [3.63, 3.8) is 0 Å². The fourth-order valence-electron chi connectivity index (χ4n) is 3.19. The zero-order valence-electron chi connectivity index (χ0n) is 17.8. The summed E-state index contributed by atoms with van der Waals surface area (Å²) in [6.07, 6.45) is 2.55. The van der Waals surface area contributed by atoms with Crippen molar-refractivity contribution in [1.82, 2.24) is 15.5 Å². The van der Waals surface area contributed by atoms with Crippen LogP contribution in [0.2, 0.25) is 0 Å². The molecule has 0 radical (unpaired) electrons. The van der Waals surface area contributed by atoms with Gasteiger partial charge < -0.3 is 20.3 Å². The fraction of sp³-hybridized carbons (Fsp3) is 0.636. The molecule has 1 aromatic rings. The fourth-order valence-corrected chi connectivity index (χ4v) is 3.19. The number of para-hydroxylation sites is 1. The van der Waals surface area contributed by atoms with Crippen molar-refractivity contribution >= 4 is 11.9 Å². The second-order valence-electron chi connectivity index (χ2n) is 7.66. The molecule has 28 heavy (non-hydrogen) atoms. The molecule has 0 aliphatic carbocycles. The van der Waals surface area contributed by atoms with Gasteiger partial charge in [-0.2, -0.15) is 0 Å². The maximum atomic E-state index is 11.9. The Labute approximate surface area is 169 Å². The normalized spacial score (nSPS) is 17.1. The van der Waals surface area contributed by atoms with Gasteiger partial charge in [-0.15, -0.1) is 0 Å². The number of carbonyl (C=O) groups excluding carboxylic acids is 1. The van der Waals surface area contributed by atoms with E-state index in [0.29, 0.717) is 18.9 Å². The van der Waals surface area contributed by atoms with E-state index in [1.165, 1.54) is 0 Å². The molecule has 1 aliphatic rings. The van der Waals surface area contributed by atoms with Crippen LogP contribution in [0.5, 0.6) is 5.75 Å². The molecule has 1 fully saturated rings. The molecule has 0 aromatic heterocycles. The summed E-state index contributed by atoms with van der Waals surface area (Å²) >= 11 is 0. The van der Waals surface area contributed by atoms with Crippen molar-refractivity contribution < 1.29 is 9.53 Å². The highest BCUT2D eigenvalue weighted by atomic mass is 16.5. The van der Waals surface area contributed by atoms with E-state index in [9.17, 15) is 4.79 Å². The maximum Gasteiger partial charge on any atom is 0.222 e. The average Bonchev–Trinajstić information content (AvgIpc) is 3.15. The van der Waals surface area contributed by atoms with Crippen molar-refractivity contribution in [2.24, 2.45) is 10.9 Å². The molecular formula is C22H36N4O2. The summed E-state index contributed by atoms with van der Waals surface area (Å²) in [6.45, 7) is 12.0. The molecule has 1 aromatic carbocycles. The van der Waals surface area contributed by atoms with E-state index in [4.69, 9.17) is 9.73 Å². The first-order valence-corrected chi connectivity index (χ1v) is 10.6. The van der Waals surface area contributed by atoms with Gasteiger partial charge in [0.15, 0.2) is 5.96 Å². The van der Waals surface area contributed by atoms with Crippen LogP contribution in [0.1, 0.15) is 52.5 Å². The number of likely N-dealkylation sites (tertiary alicyclic amines) is 1. The number of nitrogens with zero attached hydrogens (tertiary/aromatic N) is 2. The Morgan fingerprint density at radius 3 is 2.82 bits per heavy atom. The van der Waals surface area contributed by atoms with Gasteiger partial charge in [-0.05, 0) is 31.7 Å². The summed E-state index contributed by atoms with van der Waals surface area (Å²) in [7, 11) is 0. The zero-order chi connectivity index (χ0) is 20.4. The van der Waals surface area contributed by atoms with E-state index in [0.717, 1.165) is 56.4 Å². The van der Waals surface area contributed by atoms with Crippen LogP contribution in [0.3, 0.4) is 0 Å². The van der Waals surface area contributed by atoms with Crippen molar-refractivity contribution in [1.29, 1.82) is 0 Å². The molecule has 156 valence electrons. The number of hydrogen-bond donors (Lipinski definition) is 2. The van der Waals surface area contributed by atoms with Gasteiger partial charge in [0.25, 0.3) is 0 Å². The van der Waals surface area contributed by atoms with Gasteiger partial charge >= 0.3 is 0 Å². The van der Waals surface area contributed by atoms with Gasteiger partial charge in [0, 0.05) is 37.7 Å². The monoisotopic (exact) mass is 388 g/mol. The number of amides is 1. The molecule has 2 N–H and O–H groups in total. The largest absolute Gasteiger partial charge is 0.493 e. The predicted octanol–water partition coefficient (Wildman–Crippen LogP) is 3.18. The molecular weight excluding hydrogens is 352 g/mol. The molecule has 0 spiro atoms. The molecule has 1 unspecified atom stereocenters. The van der Waals surface area contributed by atoms with E-state index >= 15 is 0 Å². The number of carbonyl (C=O) groups is 1. The topological polar surface area (TPSA) is 66.0 Å². The number of nitrogens with one attached hydrogen (secondary N) is 2. The van der Waals surface area contributed by atoms with Gasteiger partial charge in [-0.25, -0.2) is 4.99 Å². The lowest BCUT2D eigenvalue weighted by Gasteiger charge is -2.19. The van der Waals surface area contributed by atoms with Crippen LogP contribution in [0.4, 0.5) is 0 Å².